The maximum absolute atomic E-state index is 15.5. The standard InChI is InChI=1S/C25H25FN6O3/c1-14-12-35-24-21-16(10-18(26)22(24)31-7-5-30(2)6-8-31)23(33)17(11-32(14)21)25(34)29-15-3-4-19-20(9-15)28-13-27-19/h3-4,9-11,13-14H,5-8,12H2,1-2H3,(H,27,28)(H,29,34)/t14-/m0/s1. The van der Waals surface area contributed by atoms with Crippen LogP contribution in [0, 0.1) is 5.82 Å². The van der Waals surface area contributed by atoms with E-state index in [0.717, 1.165) is 24.1 Å². The second kappa shape index (κ2) is 8.09. The van der Waals surface area contributed by atoms with Gasteiger partial charge in [-0.25, -0.2) is 9.37 Å². The summed E-state index contributed by atoms with van der Waals surface area (Å²) in [7, 11) is 2.04. The molecule has 1 saturated heterocycles. The first kappa shape index (κ1) is 21.6. The Morgan fingerprint density at radius 3 is 2.83 bits per heavy atom. The highest BCUT2D eigenvalue weighted by atomic mass is 19.1. The summed E-state index contributed by atoms with van der Waals surface area (Å²) >= 11 is 0. The third-order valence-electron chi connectivity index (χ3n) is 6.88. The number of imidazole rings is 1. The molecule has 0 aliphatic carbocycles. The summed E-state index contributed by atoms with van der Waals surface area (Å²) < 4.78 is 23.4. The molecule has 4 heterocycles. The van der Waals surface area contributed by atoms with Crippen LogP contribution in [-0.4, -0.2) is 65.2 Å². The van der Waals surface area contributed by atoms with E-state index in [0.29, 0.717) is 42.3 Å². The molecule has 2 aliphatic rings. The SMILES string of the molecule is C[C@H]1COc2c(N3CCN(C)CC3)c(F)cc3c(=O)c(C(=O)Nc4ccc5nc[nH]c5c4)cn1c23. The molecule has 0 bridgehead atoms. The van der Waals surface area contributed by atoms with Crippen molar-refractivity contribution in [2.75, 3.05) is 50.1 Å². The lowest BCUT2D eigenvalue weighted by atomic mass is 10.0. The molecular formula is C25H25FN6O3. The van der Waals surface area contributed by atoms with E-state index in [-0.39, 0.29) is 17.0 Å². The first-order valence-corrected chi connectivity index (χ1v) is 11.6. The van der Waals surface area contributed by atoms with E-state index in [9.17, 15) is 9.59 Å². The van der Waals surface area contributed by atoms with Crippen LogP contribution in [0.4, 0.5) is 15.8 Å². The van der Waals surface area contributed by atoms with Crippen LogP contribution < -0.4 is 20.4 Å². The van der Waals surface area contributed by atoms with Gasteiger partial charge in [0.1, 0.15) is 17.9 Å². The van der Waals surface area contributed by atoms with Crippen molar-refractivity contribution in [3.63, 3.8) is 0 Å². The smallest absolute Gasteiger partial charge is 0.261 e. The number of fused-ring (bicyclic) bond motifs is 1. The van der Waals surface area contributed by atoms with E-state index >= 15 is 4.39 Å². The van der Waals surface area contributed by atoms with Gasteiger partial charge >= 0.3 is 0 Å². The van der Waals surface area contributed by atoms with Crippen LogP contribution in [0.2, 0.25) is 0 Å². The predicted octanol–water partition coefficient (Wildman–Crippen LogP) is 2.97. The number of aromatic amines is 1. The number of likely N-dealkylation sites (N-methyl/N-ethyl adjacent to an activating group) is 1. The summed E-state index contributed by atoms with van der Waals surface area (Å²) in [5.41, 5.74) is 2.40. The van der Waals surface area contributed by atoms with Gasteiger partial charge in [0.05, 0.1) is 34.3 Å². The number of rotatable bonds is 3. The van der Waals surface area contributed by atoms with Gasteiger partial charge in [-0.05, 0) is 38.2 Å². The molecule has 0 spiro atoms. The van der Waals surface area contributed by atoms with Crippen molar-refractivity contribution in [2.24, 2.45) is 0 Å². The molecule has 2 aliphatic heterocycles. The Kier molecular flexibility index (Phi) is 4.99. The Balaban J connectivity index is 1.45. The first-order chi connectivity index (χ1) is 16.9. The van der Waals surface area contributed by atoms with Crippen molar-refractivity contribution in [2.45, 2.75) is 13.0 Å². The second-order valence-electron chi connectivity index (χ2n) is 9.25. The number of carbonyl (C=O) groups is 1. The van der Waals surface area contributed by atoms with Crippen molar-refractivity contribution in [1.29, 1.82) is 0 Å². The monoisotopic (exact) mass is 476 g/mol. The molecule has 0 saturated carbocycles. The molecule has 35 heavy (non-hydrogen) atoms. The summed E-state index contributed by atoms with van der Waals surface area (Å²) in [4.78, 5) is 37.9. The van der Waals surface area contributed by atoms with Gasteiger partial charge in [0.15, 0.2) is 11.6 Å². The van der Waals surface area contributed by atoms with E-state index in [1.807, 2.05) is 23.4 Å². The highest BCUT2D eigenvalue weighted by Gasteiger charge is 2.31. The molecule has 6 rings (SSSR count). The lowest BCUT2D eigenvalue weighted by Crippen LogP contribution is -2.45. The molecule has 2 aromatic heterocycles. The number of nitrogens with zero attached hydrogens (tertiary/aromatic N) is 4. The minimum Gasteiger partial charge on any atom is -0.487 e. The zero-order valence-corrected chi connectivity index (χ0v) is 19.5. The van der Waals surface area contributed by atoms with Crippen LogP contribution in [0.25, 0.3) is 21.9 Å². The van der Waals surface area contributed by atoms with Gasteiger partial charge in [0, 0.05) is 38.1 Å². The van der Waals surface area contributed by atoms with E-state index in [2.05, 4.69) is 20.2 Å². The number of ether oxygens (including phenoxy) is 1. The molecule has 2 aromatic carbocycles. The molecule has 1 atom stereocenters. The van der Waals surface area contributed by atoms with Crippen LogP contribution in [0.5, 0.6) is 5.75 Å². The minimum atomic E-state index is -0.552. The molecule has 0 unspecified atom stereocenters. The van der Waals surface area contributed by atoms with Crippen molar-refractivity contribution < 1.29 is 13.9 Å². The third kappa shape index (κ3) is 3.52. The van der Waals surface area contributed by atoms with E-state index in [4.69, 9.17) is 4.74 Å². The number of hydrogen-bond donors (Lipinski definition) is 2. The summed E-state index contributed by atoms with van der Waals surface area (Å²) in [5.74, 6) is -0.697. The van der Waals surface area contributed by atoms with Gasteiger partial charge < -0.3 is 29.4 Å². The third-order valence-corrected chi connectivity index (χ3v) is 6.88. The number of hydrogen-bond acceptors (Lipinski definition) is 6. The van der Waals surface area contributed by atoms with Gasteiger partial charge in [-0.1, -0.05) is 0 Å². The first-order valence-electron chi connectivity index (χ1n) is 11.6. The zero-order chi connectivity index (χ0) is 24.3. The summed E-state index contributed by atoms with van der Waals surface area (Å²) in [6.07, 6.45) is 3.14. The molecule has 9 nitrogen and oxygen atoms in total. The largest absolute Gasteiger partial charge is 0.487 e. The maximum Gasteiger partial charge on any atom is 0.261 e. The van der Waals surface area contributed by atoms with Crippen molar-refractivity contribution in [1.82, 2.24) is 19.4 Å². The lowest BCUT2D eigenvalue weighted by molar-refractivity contribution is 0.102. The van der Waals surface area contributed by atoms with Gasteiger partial charge in [0.25, 0.3) is 5.91 Å². The number of carbonyl (C=O) groups excluding carboxylic acids is 1. The summed E-state index contributed by atoms with van der Waals surface area (Å²) in [5, 5.41) is 2.93. The number of pyridine rings is 1. The number of H-pyrrole nitrogens is 1. The van der Waals surface area contributed by atoms with E-state index in [1.165, 1.54) is 6.07 Å². The summed E-state index contributed by atoms with van der Waals surface area (Å²) in [6, 6.07) is 6.36. The van der Waals surface area contributed by atoms with E-state index < -0.39 is 17.2 Å². The number of amides is 1. The Morgan fingerprint density at radius 1 is 1.23 bits per heavy atom. The molecular weight excluding hydrogens is 451 g/mol. The zero-order valence-electron chi connectivity index (χ0n) is 19.5. The van der Waals surface area contributed by atoms with Crippen LogP contribution in [0.15, 0.2) is 41.6 Å². The Labute approximate surface area is 200 Å². The quantitative estimate of drug-likeness (QED) is 0.472. The fourth-order valence-electron chi connectivity index (χ4n) is 4.91. The average Bonchev–Trinajstić information content (AvgIpc) is 3.31. The second-order valence-corrected chi connectivity index (χ2v) is 9.25. The lowest BCUT2D eigenvalue weighted by Gasteiger charge is -2.37. The van der Waals surface area contributed by atoms with Crippen LogP contribution in [0.3, 0.4) is 0 Å². The highest BCUT2D eigenvalue weighted by molar-refractivity contribution is 6.07. The minimum absolute atomic E-state index is 0.0475. The molecule has 10 heteroatoms. The predicted molar refractivity (Wildman–Crippen MR) is 132 cm³/mol. The van der Waals surface area contributed by atoms with Crippen molar-refractivity contribution >= 4 is 39.2 Å². The van der Waals surface area contributed by atoms with E-state index in [1.54, 1.807) is 30.7 Å². The number of benzene rings is 2. The molecule has 4 aromatic rings. The Morgan fingerprint density at radius 2 is 2.03 bits per heavy atom. The number of halogens is 1. The average molecular weight is 477 g/mol. The number of piperazine rings is 1. The molecule has 1 amide bonds. The Bertz CT molecular complexity index is 1540. The molecule has 180 valence electrons. The van der Waals surface area contributed by atoms with Gasteiger partial charge in [0.2, 0.25) is 5.43 Å². The number of anilines is 2. The normalized spacial score (nSPS) is 18.1. The fourth-order valence-corrected chi connectivity index (χ4v) is 4.91. The topological polar surface area (TPSA) is 95.5 Å². The molecule has 1 fully saturated rings. The number of nitrogens with one attached hydrogen (secondary N) is 2. The molecule has 0 radical (unpaired) electrons. The molecule has 2 N–H and O–H groups in total. The van der Waals surface area contributed by atoms with Gasteiger partial charge in [-0.2, -0.15) is 0 Å². The Hall–Kier alpha value is -3.92. The van der Waals surface area contributed by atoms with Crippen molar-refractivity contribution in [3.05, 3.63) is 58.4 Å². The van der Waals surface area contributed by atoms with Gasteiger partial charge in [-0.3, -0.25) is 9.59 Å². The van der Waals surface area contributed by atoms with Crippen LogP contribution in [0.1, 0.15) is 23.3 Å². The maximum atomic E-state index is 15.5. The summed E-state index contributed by atoms with van der Waals surface area (Å²) in [6.45, 7) is 5.20. The fraction of sp³-hybridized carbons (Fsp3) is 0.320. The van der Waals surface area contributed by atoms with Crippen molar-refractivity contribution in [3.8, 4) is 5.75 Å². The van der Waals surface area contributed by atoms with Crippen LogP contribution in [-0.2, 0) is 0 Å². The van der Waals surface area contributed by atoms with Crippen LogP contribution >= 0.6 is 0 Å². The van der Waals surface area contributed by atoms with Gasteiger partial charge in [-0.15, -0.1) is 0 Å². The highest BCUT2D eigenvalue weighted by Crippen LogP contribution is 2.42. The number of aromatic nitrogens is 3.